The second-order valence-electron chi connectivity index (χ2n) is 15.9. The number of benzene rings is 3. The summed E-state index contributed by atoms with van der Waals surface area (Å²) >= 11 is 0. The first-order valence-corrected chi connectivity index (χ1v) is 20.6. The molecule has 5 heterocycles. The van der Waals surface area contributed by atoms with Crippen LogP contribution in [0.3, 0.4) is 0 Å². The van der Waals surface area contributed by atoms with Crippen molar-refractivity contribution in [3.63, 3.8) is 0 Å². The van der Waals surface area contributed by atoms with Gasteiger partial charge in [-0.3, -0.25) is 39.1 Å². The van der Waals surface area contributed by atoms with E-state index in [1.54, 1.807) is 18.2 Å². The summed E-state index contributed by atoms with van der Waals surface area (Å²) in [5.74, 6) is -2.69. The van der Waals surface area contributed by atoms with Gasteiger partial charge in [0.15, 0.2) is 0 Å². The quantitative estimate of drug-likeness (QED) is 0.110. The summed E-state index contributed by atoms with van der Waals surface area (Å²) in [5.41, 5.74) is 0.671. The molecule has 4 aliphatic rings. The number of rotatable bonds is 11. The van der Waals surface area contributed by atoms with Gasteiger partial charge in [0.05, 0.1) is 52.1 Å². The van der Waals surface area contributed by atoms with Crippen LogP contribution in [-0.2, 0) is 15.8 Å². The molecule has 15 nitrogen and oxygen atoms in total. The lowest BCUT2D eigenvalue weighted by atomic mass is 9.95. The minimum Gasteiger partial charge on any atom is -0.494 e. The van der Waals surface area contributed by atoms with Crippen molar-refractivity contribution in [2.45, 2.75) is 37.9 Å². The van der Waals surface area contributed by atoms with Gasteiger partial charge in [-0.1, -0.05) is 12.1 Å². The maximum absolute atomic E-state index is 15.5. The maximum Gasteiger partial charge on any atom is 0.419 e. The van der Waals surface area contributed by atoms with Crippen molar-refractivity contribution >= 4 is 63.8 Å². The van der Waals surface area contributed by atoms with E-state index >= 15 is 4.39 Å². The lowest BCUT2D eigenvalue weighted by Crippen LogP contribution is -2.54. The molecule has 1 atom stereocenters. The van der Waals surface area contributed by atoms with Gasteiger partial charge in [-0.2, -0.15) is 13.2 Å². The van der Waals surface area contributed by atoms with Crippen molar-refractivity contribution in [1.29, 1.82) is 0 Å². The van der Waals surface area contributed by atoms with Crippen LogP contribution in [0, 0.1) is 11.7 Å². The topological polar surface area (TPSA) is 169 Å². The summed E-state index contributed by atoms with van der Waals surface area (Å²) in [6.45, 7) is 4.81. The van der Waals surface area contributed by atoms with Crippen molar-refractivity contribution < 1.29 is 46.3 Å². The van der Waals surface area contributed by atoms with E-state index in [0.29, 0.717) is 43.5 Å². The Morgan fingerprint density at radius 3 is 2.24 bits per heavy atom. The third-order valence-electron chi connectivity index (χ3n) is 12.0. The van der Waals surface area contributed by atoms with Crippen molar-refractivity contribution in [3.8, 4) is 5.75 Å². The molecular weight excluding hydrogens is 827 g/mol. The molecule has 1 aromatic heterocycles. The normalized spacial score (nSPS) is 18.6. The van der Waals surface area contributed by atoms with Gasteiger partial charge >= 0.3 is 6.18 Å². The highest BCUT2D eigenvalue weighted by atomic mass is 19.4. The first-order valence-electron chi connectivity index (χ1n) is 20.6. The number of hydrogen-bond acceptors (Lipinski definition) is 12. The number of ether oxygens (including phenoxy) is 1. The van der Waals surface area contributed by atoms with Crippen molar-refractivity contribution in [3.05, 3.63) is 94.9 Å². The van der Waals surface area contributed by atoms with Crippen molar-refractivity contribution in [2.24, 2.45) is 5.92 Å². The molecule has 0 aliphatic carbocycles. The number of nitrogens with zero attached hydrogens (tertiary/aromatic N) is 5. The highest BCUT2D eigenvalue weighted by molar-refractivity contribution is 6.23. The number of piperazine rings is 1. The number of methoxy groups -OCH3 is 1. The van der Waals surface area contributed by atoms with Crippen LogP contribution in [-0.4, -0.2) is 110 Å². The lowest BCUT2D eigenvalue weighted by molar-refractivity contribution is -0.137. The number of imide groups is 2. The van der Waals surface area contributed by atoms with Gasteiger partial charge in [0.25, 0.3) is 17.7 Å². The van der Waals surface area contributed by atoms with Crippen LogP contribution in [0.1, 0.15) is 62.3 Å². The molecule has 8 rings (SSSR count). The average Bonchev–Trinajstić information content (AvgIpc) is 3.50. The highest BCUT2D eigenvalue weighted by Gasteiger charge is 2.45. The van der Waals surface area contributed by atoms with E-state index in [-0.39, 0.29) is 52.4 Å². The number of hydrogen-bond donors (Lipinski definition) is 4. The summed E-state index contributed by atoms with van der Waals surface area (Å²) < 4.78 is 63.4. The Hall–Kier alpha value is -6.76. The molecule has 4 N–H and O–H groups in total. The molecule has 3 aromatic carbocycles. The number of nitrogens with one attached hydrogen (secondary N) is 4. The molecule has 19 heteroatoms. The fraction of sp³-hybridized carbons (Fsp3) is 0.364. The van der Waals surface area contributed by atoms with Crippen LogP contribution in [0.15, 0.2) is 66.9 Å². The third-order valence-corrected chi connectivity index (χ3v) is 12.0. The minimum absolute atomic E-state index is 0.00641. The zero-order valence-electron chi connectivity index (χ0n) is 34.5. The lowest BCUT2D eigenvalue weighted by Gasteiger charge is -2.40. The Bertz CT molecular complexity index is 2470. The van der Waals surface area contributed by atoms with E-state index in [9.17, 15) is 37.1 Å². The number of piperidine rings is 2. The van der Waals surface area contributed by atoms with E-state index in [0.717, 1.165) is 55.3 Å². The number of fused-ring (bicyclic) bond motifs is 1. The number of aromatic nitrogens is 1. The molecule has 0 saturated carbocycles. The predicted octanol–water partition coefficient (Wildman–Crippen LogP) is 5.53. The minimum atomic E-state index is -4.72. The Balaban J connectivity index is 0.859. The first kappa shape index (κ1) is 42.9. The Morgan fingerprint density at radius 1 is 0.841 bits per heavy atom. The van der Waals surface area contributed by atoms with Crippen LogP contribution >= 0.6 is 0 Å². The number of para-hydroxylation sites is 1. The van der Waals surface area contributed by atoms with E-state index < -0.39 is 53.1 Å². The molecule has 1 unspecified atom stereocenters. The van der Waals surface area contributed by atoms with Crippen molar-refractivity contribution in [1.82, 2.24) is 25.4 Å². The Labute approximate surface area is 359 Å². The second kappa shape index (κ2) is 17.5. The Morgan fingerprint density at radius 2 is 1.56 bits per heavy atom. The van der Waals surface area contributed by atoms with Gasteiger partial charge in [0.2, 0.25) is 11.8 Å². The largest absolute Gasteiger partial charge is 0.494 e. The van der Waals surface area contributed by atoms with Gasteiger partial charge in [-0.25, -0.2) is 9.37 Å². The van der Waals surface area contributed by atoms with E-state index in [2.05, 4.69) is 36.1 Å². The summed E-state index contributed by atoms with van der Waals surface area (Å²) in [6.07, 6.45) is -2.12. The molecule has 330 valence electrons. The summed E-state index contributed by atoms with van der Waals surface area (Å²) in [6, 6.07) is 14.4. The monoisotopic (exact) mass is 871 g/mol. The zero-order chi connectivity index (χ0) is 44.6. The summed E-state index contributed by atoms with van der Waals surface area (Å²) in [4.78, 5) is 74.3. The number of carbonyl (C=O) groups is 5. The van der Waals surface area contributed by atoms with E-state index in [4.69, 9.17) is 4.74 Å². The SMILES string of the molecule is CNC(=O)c1ccccc1Nc1cc(Nc2ccc(N3CCC(CN4CCN(c5cc6c(cc5F)C(=O)N(C5CCC(=O)NC5=O)C6=O)CC4)CC3)cc2OC)ncc1C(F)(F)F. The molecule has 5 amide bonds. The number of pyridine rings is 1. The molecule has 0 radical (unpaired) electrons. The van der Waals surface area contributed by atoms with Gasteiger partial charge in [0.1, 0.15) is 23.4 Å². The predicted molar refractivity (Wildman–Crippen MR) is 225 cm³/mol. The van der Waals surface area contributed by atoms with E-state index in [1.165, 1.54) is 38.4 Å². The zero-order valence-corrected chi connectivity index (χ0v) is 34.5. The Kier molecular flexibility index (Phi) is 12.0. The van der Waals surface area contributed by atoms with Gasteiger partial charge in [0, 0.05) is 83.3 Å². The van der Waals surface area contributed by atoms with Crippen LogP contribution in [0.5, 0.6) is 5.75 Å². The number of carbonyl (C=O) groups excluding carboxylic acids is 5. The first-order chi connectivity index (χ1) is 30.2. The fourth-order valence-corrected chi connectivity index (χ4v) is 8.67. The van der Waals surface area contributed by atoms with Crippen molar-refractivity contribution in [2.75, 3.05) is 80.4 Å². The summed E-state index contributed by atoms with van der Waals surface area (Å²) in [5, 5.41) is 10.5. The number of alkyl halides is 3. The van der Waals surface area contributed by atoms with Crippen LogP contribution < -0.4 is 35.8 Å². The molecule has 63 heavy (non-hydrogen) atoms. The van der Waals surface area contributed by atoms with Crippen LogP contribution in [0.25, 0.3) is 0 Å². The number of amides is 5. The van der Waals surface area contributed by atoms with Gasteiger partial charge in [-0.05, 0) is 61.6 Å². The molecule has 3 fully saturated rings. The third kappa shape index (κ3) is 8.82. The molecule has 3 saturated heterocycles. The molecule has 0 spiro atoms. The standard InChI is InChI=1S/C44H45F4N9O6/c1-49-40(59)27-5-3-4-6-32(27)51-34-22-38(50-23-30(34)44(46,47)48)52-33-8-7-26(19-37(33)63-2)55-13-11-25(12-14-55)24-54-15-17-56(18-16-54)36-21-29-28(20-31(36)45)42(61)57(43(29)62)35-9-10-39(58)53-41(35)60/h3-8,19-23,25,35H,9-18,24H2,1-2H3,(H,49,59)(H2,50,51,52)(H,53,58,60). The average molecular weight is 872 g/mol. The van der Waals surface area contributed by atoms with Crippen LogP contribution in [0.4, 0.5) is 51.8 Å². The molecule has 0 bridgehead atoms. The smallest absolute Gasteiger partial charge is 0.419 e. The van der Waals surface area contributed by atoms with Gasteiger partial charge < -0.3 is 30.5 Å². The second-order valence-corrected chi connectivity index (χ2v) is 15.9. The summed E-state index contributed by atoms with van der Waals surface area (Å²) in [7, 11) is 2.95. The van der Waals surface area contributed by atoms with Crippen LogP contribution in [0.2, 0.25) is 0 Å². The molecule has 4 aliphatic heterocycles. The van der Waals surface area contributed by atoms with E-state index in [1.807, 2.05) is 17.0 Å². The maximum atomic E-state index is 15.5. The number of halogens is 4. The molecule has 4 aromatic rings. The van der Waals surface area contributed by atoms with Gasteiger partial charge in [-0.15, -0.1) is 0 Å². The fourth-order valence-electron chi connectivity index (χ4n) is 8.67. The molecular formula is C44H45F4N9O6. The number of anilines is 6. The highest BCUT2D eigenvalue weighted by Crippen LogP contribution is 2.40.